The fourth-order valence-electron chi connectivity index (χ4n) is 2.83. The summed E-state index contributed by atoms with van der Waals surface area (Å²) in [6.45, 7) is 7.65. The van der Waals surface area contributed by atoms with Gasteiger partial charge in [0.1, 0.15) is 0 Å². The molecular formula is C18H26F3NO2. The molecule has 1 aromatic carbocycles. The minimum absolute atomic E-state index is 0.296. The maximum atomic E-state index is 12.8. The van der Waals surface area contributed by atoms with E-state index in [0.29, 0.717) is 24.9 Å². The SMILES string of the molecule is CCC(C(=O)NCC(C)(C)CC(C)O)c1cccc(C(F)(F)F)c1. The number of halogens is 3. The van der Waals surface area contributed by atoms with E-state index in [4.69, 9.17) is 0 Å². The van der Waals surface area contributed by atoms with Crippen molar-refractivity contribution in [3.8, 4) is 0 Å². The van der Waals surface area contributed by atoms with Crippen LogP contribution in [0.25, 0.3) is 0 Å². The van der Waals surface area contributed by atoms with Crippen LogP contribution in [0.4, 0.5) is 13.2 Å². The third-order valence-corrected chi connectivity index (χ3v) is 3.93. The fourth-order valence-corrected chi connectivity index (χ4v) is 2.83. The van der Waals surface area contributed by atoms with Gasteiger partial charge in [-0.3, -0.25) is 4.79 Å². The van der Waals surface area contributed by atoms with E-state index in [2.05, 4.69) is 5.32 Å². The van der Waals surface area contributed by atoms with Crippen LogP contribution in [0.15, 0.2) is 24.3 Å². The monoisotopic (exact) mass is 345 g/mol. The molecule has 0 heterocycles. The molecule has 136 valence electrons. The minimum Gasteiger partial charge on any atom is -0.393 e. The van der Waals surface area contributed by atoms with Crippen LogP contribution in [0.1, 0.15) is 57.6 Å². The summed E-state index contributed by atoms with van der Waals surface area (Å²) in [4.78, 5) is 12.4. The molecule has 2 atom stereocenters. The summed E-state index contributed by atoms with van der Waals surface area (Å²) >= 11 is 0. The van der Waals surface area contributed by atoms with Crippen molar-refractivity contribution in [3.05, 3.63) is 35.4 Å². The molecule has 0 saturated heterocycles. The summed E-state index contributed by atoms with van der Waals surface area (Å²) in [5.41, 5.74) is -0.686. The van der Waals surface area contributed by atoms with Gasteiger partial charge < -0.3 is 10.4 Å². The quantitative estimate of drug-likeness (QED) is 0.781. The van der Waals surface area contributed by atoms with Crippen LogP contribution < -0.4 is 5.32 Å². The molecule has 2 N–H and O–H groups in total. The van der Waals surface area contributed by atoms with Crippen LogP contribution in [0.2, 0.25) is 0 Å². The van der Waals surface area contributed by atoms with Gasteiger partial charge in [-0.25, -0.2) is 0 Å². The van der Waals surface area contributed by atoms with Gasteiger partial charge in [-0.1, -0.05) is 39.0 Å². The Morgan fingerprint density at radius 3 is 2.42 bits per heavy atom. The number of nitrogens with one attached hydrogen (secondary N) is 1. The highest BCUT2D eigenvalue weighted by Crippen LogP contribution is 2.32. The number of alkyl halides is 3. The zero-order valence-corrected chi connectivity index (χ0v) is 14.6. The third-order valence-electron chi connectivity index (χ3n) is 3.93. The maximum absolute atomic E-state index is 12.8. The van der Waals surface area contributed by atoms with Crippen molar-refractivity contribution in [1.82, 2.24) is 5.32 Å². The number of aliphatic hydroxyl groups excluding tert-OH is 1. The molecule has 0 fully saturated rings. The molecule has 1 amide bonds. The number of aliphatic hydroxyl groups is 1. The molecule has 1 rings (SSSR count). The van der Waals surface area contributed by atoms with E-state index in [0.717, 1.165) is 12.1 Å². The van der Waals surface area contributed by atoms with Crippen molar-refractivity contribution in [1.29, 1.82) is 0 Å². The van der Waals surface area contributed by atoms with E-state index < -0.39 is 23.8 Å². The van der Waals surface area contributed by atoms with E-state index >= 15 is 0 Å². The largest absolute Gasteiger partial charge is 0.416 e. The molecule has 0 aliphatic carbocycles. The first kappa shape index (κ1) is 20.5. The van der Waals surface area contributed by atoms with Crippen molar-refractivity contribution in [2.24, 2.45) is 5.41 Å². The summed E-state index contributed by atoms with van der Waals surface area (Å²) in [5, 5.41) is 12.3. The Kier molecular flexibility index (Phi) is 6.84. The van der Waals surface area contributed by atoms with Gasteiger partial charge in [-0.2, -0.15) is 13.2 Å². The van der Waals surface area contributed by atoms with Gasteiger partial charge in [0.05, 0.1) is 17.6 Å². The number of carbonyl (C=O) groups excluding carboxylic acids is 1. The van der Waals surface area contributed by atoms with Crippen molar-refractivity contribution in [3.63, 3.8) is 0 Å². The Balaban J connectivity index is 2.84. The van der Waals surface area contributed by atoms with Crippen molar-refractivity contribution < 1.29 is 23.1 Å². The minimum atomic E-state index is -4.43. The smallest absolute Gasteiger partial charge is 0.393 e. The lowest BCUT2D eigenvalue weighted by Gasteiger charge is -2.27. The second-order valence-corrected chi connectivity index (χ2v) is 7.02. The standard InChI is InChI=1S/C18H26F3NO2/c1-5-15(13-7-6-8-14(9-13)18(19,20)21)16(24)22-11-17(3,4)10-12(2)23/h6-9,12,15,23H,5,10-11H2,1-4H3,(H,22,24). The number of carbonyl (C=O) groups is 1. The van der Waals surface area contributed by atoms with Crippen LogP contribution in [0, 0.1) is 5.41 Å². The average molecular weight is 345 g/mol. The third kappa shape index (κ3) is 6.15. The van der Waals surface area contributed by atoms with Gasteiger partial charge in [0, 0.05) is 6.54 Å². The van der Waals surface area contributed by atoms with E-state index in [-0.39, 0.29) is 11.3 Å². The molecule has 24 heavy (non-hydrogen) atoms. The molecule has 0 spiro atoms. The molecule has 1 aromatic rings. The predicted molar refractivity (Wildman–Crippen MR) is 87.6 cm³/mol. The number of benzene rings is 1. The Hall–Kier alpha value is -1.56. The number of hydrogen-bond donors (Lipinski definition) is 2. The zero-order chi connectivity index (χ0) is 18.5. The molecule has 6 heteroatoms. The molecular weight excluding hydrogens is 319 g/mol. The summed E-state index contributed by atoms with van der Waals surface area (Å²) in [5.74, 6) is -0.926. The van der Waals surface area contributed by atoms with E-state index in [1.165, 1.54) is 6.07 Å². The highest BCUT2D eigenvalue weighted by atomic mass is 19.4. The molecule has 0 aliphatic heterocycles. The molecule has 0 aromatic heterocycles. The number of rotatable bonds is 7. The van der Waals surface area contributed by atoms with Gasteiger partial charge in [-0.15, -0.1) is 0 Å². The first-order valence-corrected chi connectivity index (χ1v) is 8.09. The van der Waals surface area contributed by atoms with E-state index in [1.807, 2.05) is 13.8 Å². The lowest BCUT2D eigenvalue weighted by Crippen LogP contribution is -2.38. The summed E-state index contributed by atoms with van der Waals surface area (Å²) in [6.07, 6.45) is -3.98. The topological polar surface area (TPSA) is 49.3 Å². The van der Waals surface area contributed by atoms with Crippen LogP contribution in [0.5, 0.6) is 0 Å². The molecule has 3 nitrogen and oxygen atoms in total. The highest BCUT2D eigenvalue weighted by molar-refractivity contribution is 5.83. The predicted octanol–water partition coefficient (Wildman–Crippen LogP) is 4.11. The van der Waals surface area contributed by atoms with Gasteiger partial charge in [-0.05, 0) is 36.8 Å². The van der Waals surface area contributed by atoms with Gasteiger partial charge in [0.15, 0.2) is 0 Å². The van der Waals surface area contributed by atoms with Crippen LogP contribution >= 0.6 is 0 Å². The molecule has 0 bridgehead atoms. The first-order chi connectivity index (χ1) is 11.0. The van der Waals surface area contributed by atoms with Crippen LogP contribution in [-0.4, -0.2) is 23.7 Å². The Morgan fingerprint density at radius 2 is 1.92 bits per heavy atom. The summed E-state index contributed by atoms with van der Waals surface area (Å²) in [7, 11) is 0. The second-order valence-electron chi connectivity index (χ2n) is 7.02. The normalized spacial score (nSPS) is 15.0. The fraction of sp³-hybridized carbons (Fsp3) is 0.611. The van der Waals surface area contributed by atoms with Crippen molar-refractivity contribution in [2.45, 2.75) is 58.7 Å². The Labute approximate surface area is 141 Å². The molecule has 0 saturated carbocycles. The molecule has 2 unspecified atom stereocenters. The summed E-state index contributed by atoms with van der Waals surface area (Å²) in [6, 6.07) is 4.91. The molecule has 0 radical (unpaired) electrons. The zero-order valence-electron chi connectivity index (χ0n) is 14.6. The average Bonchev–Trinajstić information content (AvgIpc) is 2.44. The second kappa shape index (κ2) is 8.01. The van der Waals surface area contributed by atoms with Gasteiger partial charge in [0.25, 0.3) is 0 Å². The van der Waals surface area contributed by atoms with E-state index in [9.17, 15) is 23.1 Å². The summed E-state index contributed by atoms with van der Waals surface area (Å²) < 4.78 is 38.5. The lowest BCUT2D eigenvalue weighted by molar-refractivity contribution is -0.137. The lowest BCUT2D eigenvalue weighted by atomic mass is 9.86. The Bertz CT molecular complexity index is 553. The first-order valence-electron chi connectivity index (χ1n) is 8.09. The van der Waals surface area contributed by atoms with Crippen LogP contribution in [-0.2, 0) is 11.0 Å². The van der Waals surface area contributed by atoms with E-state index in [1.54, 1.807) is 19.9 Å². The Morgan fingerprint density at radius 1 is 1.29 bits per heavy atom. The van der Waals surface area contributed by atoms with Gasteiger partial charge >= 0.3 is 6.18 Å². The molecule has 0 aliphatic rings. The maximum Gasteiger partial charge on any atom is 0.416 e. The number of hydrogen-bond acceptors (Lipinski definition) is 2. The van der Waals surface area contributed by atoms with Crippen molar-refractivity contribution >= 4 is 5.91 Å². The number of amides is 1. The van der Waals surface area contributed by atoms with Crippen molar-refractivity contribution in [2.75, 3.05) is 6.54 Å². The van der Waals surface area contributed by atoms with Crippen LogP contribution in [0.3, 0.4) is 0 Å². The highest BCUT2D eigenvalue weighted by Gasteiger charge is 2.32. The van der Waals surface area contributed by atoms with Gasteiger partial charge in [0.2, 0.25) is 5.91 Å².